The van der Waals surface area contributed by atoms with Crippen LogP contribution < -0.4 is 0 Å². The highest BCUT2D eigenvalue weighted by molar-refractivity contribution is 5.81. The Bertz CT molecular complexity index is 755. The molecule has 29 heavy (non-hydrogen) atoms. The second kappa shape index (κ2) is 10.2. The molecule has 1 amide bonds. The summed E-state index contributed by atoms with van der Waals surface area (Å²) < 4.78 is 5.23. The summed E-state index contributed by atoms with van der Waals surface area (Å²) in [7, 11) is 1.84. The molecule has 1 saturated heterocycles. The van der Waals surface area contributed by atoms with Crippen molar-refractivity contribution in [3.8, 4) is 0 Å². The molecule has 0 spiro atoms. The Morgan fingerprint density at radius 1 is 1.03 bits per heavy atom. The first-order chi connectivity index (χ1) is 14.1. The molecule has 1 aliphatic heterocycles. The first kappa shape index (κ1) is 21.1. The molecule has 1 fully saturated rings. The molecule has 0 aliphatic carbocycles. The maximum atomic E-state index is 13.3. The number of ether oxygens (including phenoxy) is 1. The van der Waals surface area contributed by atoms with E-state index >= 15 is 0 Å². The van der Waals surface area contributed by atoms with E-state index in [0.717, 1.165) is 36.9 Å². The van der Waals surface area contributed by atoms with Gasteiger partial charge in [0.15, 0.2) is 0 Å². The molecule has 0 aromatic heterocycles. The second-order valence-electron chi connectivity index (χ2n) is 7.46. The van der Waals surface area contributed by atoms with Crippen LogP contribution >= 0.6 is 0 Å². The van der Waals surface area contributed by atoms with Gasteiger partial charge >= 0.3 is 5.97 Å². The van der Waals surface area contributed by atoms with Crippen LogP contribution in [-0.2, 0) is 14.3 Å². The summed E-state index contributed by atoms with van der Waals surface area (Å²) in [6.45, 7) is 3.13. The van der Waals surface area contributed by atoms with Gasteiger partial charge < -0.3 is 9.64 Å². The predicted molar refractivity (Wildman–Crippen MR) is 113 cm³/mol. The molecule has 0 bridgehead atoms. The van der Waals surface area contributed by atoms with Crippen molar-refractivity contribution >= 4 is 11.9 Å². The van der Waals surface area contributed by atoms with E-state index in [4.69, 9.17) is 4.74 Å². The van der Waals surface area contributed by atoms with E-state index in [1.165, 1.54) is 0 Å². The number of hydrogen-bond donors (Lipinski definition) is 0. The molecule has 2 aromatic rings. The molecule has 1 atom stereocenters. The number of hydrogen-bond acceptors (Lipinski definition) is 4. The first-order valence-corrected chi connectivity index (χ1v) is 10.4. The second-order valence-corrected chi connectivity index (χ2v) is 7.46. The molecular weight excluding hydrogens is 364 g/mol. The highest BCUT2D eigenvalue weighted by Gasteiger charge is 2.33. The van der Waals surface area contributed by atoms with Crippen molar-refractivity contribution in [3.63, 3.8) is 0 Å². The van der Waals surface area contributed by atoms with Crippen LogP contribution in [0.15, 0.2) is 60.7 Å². The van der Waals surface area contributed by atoms with Crippen LogP contribution in [0.2, 0.25) is 0 Å². The van der Waals surface area contributed by atoms with E-state index in [9.17, 15) is 9.59 Å². The number of benzene rings is 2. The number of amides is 1. The van der Waals surface area contributed by atoms with Crippen molar-refractivity contribution in [2.24, 2.45) is 0 Å². The summed E-state index contributed by atoms with van der Waals surface area (Å²) in [6.07, 6.45) is 2.73. The van der Waals surface area contributed by atoms with Crippen LogP contribution in [-0.4, -0.2) is 54.5 Å². The lowest BCUT2D eigenvalue weighted by molar-refractivity contribution is -0.152. The minimum Gasteiger partial charge on any atom is -0.465 e. The van der Waals surface area contributed by atoms with Crippen molar-refractivity contribution in [2.45, 2.75) is 38.3 Å². The molecule has 154 valence electrons. The molecule has 2 aromatic carbocycles. The van der Waals surface area contributed by atoms with Crippen molar-refractivity contribution in [2.75, 3.05) is 26.7 Å². The Balaban J connectivity index is 1.79. The van der Waals surface area contributed by atoms with E-state index in [1.54, 1.807) is 4.90 Å². The van der Waals surface area contributed by atoms with E-state index in [1.807, 2.05) is 79.5 Å². The Kier molecular flexibility index (Phi) is 7.42. The maximum absolute atomic E-state index is 13.3. The van der Waals surface area contributed by atoms with Crippen LogP contribution in [0.25, 0.3) is 0 Å². The highest BCUT2D eigenvalue weighted by Crippen LogP contribution is 2.28. The van der Waals surface area contributed by atoms with Gasteiger partial charge in [-0.2, -0.15) is 0 Å². The van der Waals surface area contributed by atoms with Gasteiger partial charge in [0, 0.05) is 7.05 Å². The lowest BCUT2D eigenvalue weighted by atomic mass is 9.97. The van der Waals surface area contributed by atoms with Gasteiger partial charge in [-0.25, -0.2) is 0 Å². The molecule has 5 heteroatoms. The van der Waals surface area contributed by atoms with E-state index in [0.29, 0.717) is 6.61 Å². The van der Waals surface area contributed by atoms with Crippen LogP contribution in [0, 0.1) is 0 Å². The van der Waals surface area contributed by atoms with Crippen molar-refractivity contribution in [3.05, 3.63) is 71.8 Å². The van der Waals surface area contributed by atoms with E-state index in [-0.39, 0.29) is 30.5 Å². The predicted octanol–water partition coefficient (Wildman–Crippen LogP) is 3.65. The quantitative estimate of drug-likeness (QED) is 0.673. The molecule has 1 heterocycles. The zero-order chi connectivity index (χ0) is 20.6. The van der Waals surface area contributed by atoms with Crippen LogP contribution in [0.4, 0.5) is 0 Å². The topological polar surface area (TPSA) is 49.9 Å². The van der Waals surface area contributed by atoms with Gasteiger partial charge in [0.05, 0.1) is 19.2 Å². The number of likely N-dealkylation sites (tertiary alicyclic amines) is 1. The van der Waals surface area contributed by atoms with Crippen LogP contribution in [0.3, 0.4) is 0 Å². The minimum absolute atomic E-state index is 0.00101. The summed E-state index contributed by atoms with van der Waals surface area (Å²) in [5.41, 5.74) is 2.13. The van der Waals surface area contributed by atoms with Gasteiger partial charge in [-0.3, -0.25) is 14.5 Å². The van der Waals surface area contributed by atoms with Crippen molar-refractivity contribution in [1.82, 2.24) is 9.80 Å². The molecule has 1 unspecified atom stereocenters. The van der Waals surface area contributed by atoms with Gasteiger partial charge in [0.25, 0.3) is 0 Å². The zero-order valence-corrected chi connectivity index (χ0v) is 17.3. The average Bonchev–Trinajstić information content (AvgIpc) is 2.76. The largest absolute Gasteiger partial charge is 0.465 e. The third kappa shape index (κ3) is 5.24. The highest BCUT2D eigenvalue weighted by atomic mass is 16.5. The fraction of sp³-hybridized carbons (Fsp3) is 0.417. The smallest absolute Gasteiger partial charge is 0.323 e. The Morgan fingerprint density at radius 3 is 2.17 bits per heavy atom. The lowest BCUT2D eigenvalue weighted by Crippen LogP contribution is -2.50. The standard InChI is InChI=1S/C24H30N2O3/c1-3-29-24(28)21-16-10-11-17-26(21)18-22(27)25(2)23(19-12-6-4-7-13-19)20-14-8-5-9-15-20/h4-9,12-15,21,23H,3,10-11,16-18H2,1-2H3. The lowest BCUT2D eigenvalue weighted by Gasteiger charge is -2.36. The third-order valence-electron chi connectivity index (χ3n) is 5.52. The maximum Gasteiger partial charge on any atom is 0.323 e. The molecular formula is C24H30N2O3. The number of rotatable bonds is 7. The molecule has 3 rings (SSSR count). The summed E-state index contributed by atoms with van der Waals surface area (Å²) in [5.74, 6) is -0.218. The monoisotopic (exact) mass is 394 g/mol. The SMILES string of the molecule is CCOC(=O)C1CCCCN1CC(=O)N(C)C(c1ccccc1)c1ccccc1. The van der Waals surface area contributed by atoms with E-state index < -0.39 is 0 Å². The molecule has 0 saturated carbocycles. The summed E-state index contributed by atoms with van der Waals surface area (Å²) in [5, 5.41) is 0. The summed E-state index contributed by atoms with van der Waals surface area (Å²) in [6, 6.07) is 19.6. The van der Waals surface area contributed by atoms with Gasteiger partial charge in [0.2, 0.25) is 5.91 Å². The Hall–Kier alpha value is -2.66. The molecule has 1 aliphatic rings. The number of carbonyl (C=O) groups is 2. The van der Waals surface area contributed by atoms with Gasteiger partial charge in [0.1, 0.15) is 6.04 Å². The molecule has 0 N–H and O–H groups in total. The fourth-order valence-corrected chi connectivity index (χ4v) is 4.03. The van der Waals surface area contributed by atoms with Gasteiger partial charge in [-0.15, -0.1) is 0 Å². The number of likely N-dealkylation sites (N-methyl/N-ethyl adjacent to an activating group) is 1. The van der Waals surface area contributed by atoms with Gasteiger partial charge in [-0.05, 0) is 37.4 Å². The average molecular weight is 395 g/mol. The summed E-state index contributed by atoms with van der Waals surface area (Å²) >= 11 is 0. The Labute approximate surface area is 173 Å². The van der Waals surface area contributed by atoms with Crippen molar-refractivity contribution in [1.29, 1.82) is 0 Å². The third-order valence-corrected chi connectivity index (χ3v) is 5.52. The van der Waals surface area contributed by atoms with Crippen molar-refractivity contribution < 1.29 is 14.3 Å². The van der Waals surface area contributed by atoms with Crippen LogP contribution in [0.5, 0.6) is 0 Å². The zero-order valence-electron chi connectivity index (χ0n) is 17.3. The van der Waals surface area contributed by atoms with Crippen LogP contribution in [0.1, 0.15) is 43.4 Å². The number of carbonyl (C=O) groups excluding carboxylic acids is 2. The Morgan fingerprint density at radius 2 is 1.62 bits per heavy atom. The first-order valence-electron chi connectivity index (χ1n) is 10.4. The normalized spacial score (nSPS) is 17.1. The summed E-state index contributed by atoms with van der Waals surface area (Å²) in [4.78, 5) is 29.4. The van der Waals surface area contributed by atoms with Gasteiger partial charge in [-0.1, -0.05) is 67.1 Å². The minimum atomic E-state index is -0.326. The number of nitrogens with zero attached hydrogens (tertiary/aromatic N) is 2. The molecule has 5 nitrogen and oxygen atoms in total. The number of piperidine rings is 1. The molecule has 0 radical (unpaired) electrons. The fourth-order valence-electron chi connectivity index (χ4n) is 4.03. The van der Waals surface area contributed by atoms with E-state index in [2.05, 4.69) is 0 Å². The number of esters is 1.